The molecule has 0 aromatic heterocycles. The van der Waals surface area contributed by atoms with Gasteiger partial charge in [0.1, 0.15) is 0 Å². The van der Waals surface area contributed by atoms with Gasteiger partial charge in [0.15, 0.2) is 0 Å². The lowest BCUT2D eigenvalue weighted by atomic mass is 9.85. The molecule has 0 saturated carbocycles. The highest BCUT2D eigenvalue weighted by Crippen LogP contribution is 2.42. The summed E-state index contributed by atoms with van der Waals surface area (Å²) in [4.78, 5) is 2.87. The second kappa shape index (κ2) is 20.6. The van der Waals surface area contributed by atoms with Crippen molar-refractivity contribution in [3.8, 4) is 0 Å². The molecule has 0 aliphatic carbocycles. The minimum Gasteiger partial charge on any atom is -0.311 e. The van der Waals surface area contributed by atoms with Crippen LogP contribution >= 0.6 is 0 Å². The summed E-state index contributed by atoms with van der Waals surface area (Å²) in [6.07, 6.45) is 0. The van der Waals surface area contributed by atoms with Gasteiger partial charge in [-0.05, 0) is 155 Å². The van der Waals surface area contributed by atoms with Crippen LogP contribution < -0.4 is 9.80 Å². The average molecular weight is 1070 g/mol. The van der Waals surface area contributed by atoms with Crippen molar-refractivity contribution >= 4 is 74.6 Å². The van der Waals surface area contributed by atoms with Crippen molar-refractivity contribution < 1.29 is 51.9 Å². The molecule has 374 valence electrons. The van der Waals surface area contributed by atoms with Crippen molar-refractivity contribution in [2.75, 3.05) is 9.80 Å². The summed E-state index contributed by atoms with van der Waals surface area (Å²) in [5.41, 5.74) is 8.84. The van der Waals surface area contributed by atoms with E-state index < -0.39 is 46.4 Å². The molecule has 74 heavy (non-hydrogen) atoms. The molecule has 0 spiro atoms. The molecule has 0 bridgehead atoms. The fourth-order valence-corrected chi connectivity index (χ4v) is 10.8. The van der Waals surface area contributed by atoms with Gasteiger partial charge < -0.3 is 9.80 Å². The summed E-state index contributed by atoms with van der Waals surface area (Å²) < 4.78 is 135. The van der Waals surface area contributed by atoms with E-state index in [0.29, 0.717) is 22.5 Å². The van der Waals surface area contributed by atoms with Gasteiger partial charge >= 0.3 is 0 Å². The van der Waals surface area contributed by atoms with Gasteiger partial charge in [-0.2, -0.15) is 33.7 Å². The van der Waals surface area contributed by atoms with E-state index in [4.69, 9.17) is 0 Å². The van der Waals surface area contributed by atoms with Gasteiger partial charge in [-0.3, -0.25) is 18.2 Å². The summed E-state index contributed by atoms with van der Waals surface area (Å²) in [5.74, 6) is -0.919. The molecular weight excluding hydrogens is 1020 g/mol. The van der Waals surface area contributed by atoms with Gasteiger partial charge in [-0.25, -0.2) is 0 Å². The van der Waals surface area contributed by atoms with Crippen LogP contribution in [0, 0.1) is 0 Å². The molecule has 4 N–H and O–H groups in total. The normalized spacial score (nSPS) is 12.6. The van der Waals surface area contributed by atoms with Crippen molar-refractivity contribution in [3.63, 3.8) is 0 Å². The summed E-state index contributed by atoms with van der Waals surface area (Å²) in [6.45, 7) is 0. The first-order chi connectivity index (χ1) is 35.2. The second-order valence-corrected chi connectivity index (χ2v) is 22.8. The average Bonchev–Trinajstić information content (AvgIpc) is 3.38. The molecule has 0 fully saturated rings. The molecule has 9 rings (SSSR count). The Balaban J connectivity index is 1.15. The maximum atomic E-state index is 12.0. The standard InChI is InChI=1S/C56H44N2O12S4/c59-71(60,61)51-31-15-42(16-32-51)55(39-7-3-1-4-8-39)40-11-21-46(22-12-40)58(49-27-25-48(26-28-49)57(45-9-5-2-6-10-45)50-29-37-54(38-30-50)74(68,69)70)47-23-13-41(14-24-47)56(43-17-33-52(34-18-43)72(62,63)64)44-19-35-53(36-20-44)73(65,66)67/h1-38,55-56H,(H,59,60,61)(H,62,63,64)(H,65,66,67)(H,68,69,70). The van der Waals surface area contributed by atoms with Gasteiger partial charge in [0.05, 0.1) is 19.6 Å². The zero-order valence-electron chi connectivity index (χ0n) is 38.7. The van der Waals surface area contributed by atoms with E-state index in [1.807, 2.05) is 143 Å². The molecule has 0 radical (unpaired) electrons. The largest absolute Gasteiger partial charge is 0.311 e. The molecule has 0 saturated heterocycles. The minimum atomic E-state index is -4.51. The first-order valence-electron chi connectivity index (χ1n) is 22.5. The fourth-order valence-electron chi connectivity index (χ4n) is 8.92. The Bertz CT molecular complexity index is 3650. The summed E-state index contributed by atoms with van der Waals surface area (Å²) >= 11 is 0. The molecule has 0 aliphatic heterocycles. The van der Waals surface area contributed by atoms with Gasteiger partial charge in [0.2, 0.25) is 0 Å². The van der Waals surface area contributed by atoms with Crippen LogP contribution in [0.15, 0.2) is 250 Å². The molecule has 0 amide bonds. The lowest BCUT2D eigenvalue weighted by Gasteiger charge is -2.29. The maximum Gasteiger partial charge on any atom is 0.294 e. The predicted octanol–water partition coefficient (Wildman–Crippen LogP) is 12.0. The minimum absolute atomic E-state index is 0.227. The maximum absolute atomic E-state index is 12.0. The van der Waals surface area contributed by atoms with Crippen molar-refractivity contribution in [2.24, 2.45) is 0 Å². The summed E-state index contributed by atoms with van der Waals surface area (Å²) in [5, 5.41) is 0. The molecule has 1 unspecified atom stereocenters. The van der Waals surface area contributed by atoms with Crippen molar-refractivity contribution in [3.05, 3.63) is 264 Å². The first-order valence-corrected chi connectivity index (χ1v) is 28.3. The number of hydrogen-bond acceptors (Lipinski definition) is 10. The van der Waals surface area contributed by atoms with E-state index >= 15 is 0 Å². The van der Waals surface area contributed by atoms with Crippen LogP contribution in [0.1, 0.15) is 45.2 Å². The fraction of sp³-hybridized carbons (Fsp3) is 0.0357. The van der Waals surface area contributed by atoms with E-state index in [0.717, 1.165) is 45.0 Å². The van der Waals surface area contributed by atoms with Crippen LogP contribution in [0.3, 0.4) is 0 Å². The van der Waals surface area contributed by atoms with Crippen molar-refractivity contribution in [2.45, 2.75) is 31.4 Å². The van der Waals surface area contributed by atoms with Gasteiger partial charge in [-0.15, -0.1) is 0 Å². The van der Waals surface area contributed by atoms with E-state index in [2.05, 4.69) is 0 Å². The molecule has 0 heterocycles. The highest BCUT2D eigenvalue weighted by atomic mass is 32.2. The topological polar surface area (TPSA) is 224 Å². The Labute approximate surface area is 429 Å². The molecule has 18 heteroatoms. The Hall–Kier alpha value is -7.78. The van der Waals surface area contributed by atoms with E-state index in [1.165, 1.54) is 48.5 Å². The van der Waals surface area contributed by atoms with E-state index in [9.17, 15) is 51.9 Å². The van der Waals surface area contributed by atoms with Crippen LogP contribution in [-0.2, 0) is 40.5 Å². The number of para-hydroxylation sites is 1. The number of nitrogens with zero attached hydrogens (tertiary/aromatic N) is 2. The van der Waals surface area contributed by atoms with E-state index in [1.54, 1.807) is 48.5 Å². The van der Waals surface area contributed by atoms with Crippen molar-refractivity contribution in [1.29, 1.82) is 0 Å². The molecule has 9 aromatic rings. The number of rotatable bonds is 16. The Morgan fingerprint density at radius 3 is 0.662 bits per heavy atom. The van der Waals surface area contributed by atoms with Crippen LogP contribution in [-0.4, -0.2) is 51.9 Å². The summed E-state index contributed by atoms with van der Waals surface area (Å²) in [6, 6.07) is 65.6. The quantitative estimate of drug-likeness (QED) is 0.0522. The van der Waals surface area contributed by atoms with E-state index in [-0.39, 0.29) is 25.5 Å². The second-order valence-electron chi connectivity index (χ2n) is 17.1. The third kappa shape index (κ3) is 11.4. The smallest absolute Gasteiger partial charge is 0.294 e. The Morgan fingerprint density at radius 2 is 0.405 bits per heavy atom. The molecule has 1 atom stereocenters. The lowest BCUT2D eigenvalue weighted by Crippen LogP contribution is -2.13. The number of benzene rings is 9. The van der Waals surface area contributed by atoms with Crippen LogP contribution in [0.25, 0.3) is 0 Å². The zero-order valence-corrected chi connectivity index (χ0v) is 41.9. The van der Waals surface area contributed by atoms with Gasteiger partial charge in [0, 0.05) is 46.0 Å². The molecular formula is C56H44N2O12S4. The Morgan fingerprint density at radius 1 is 0.230 bits per heavy atom. The lowest BCUT2D eigenvalue weighted by molar-refractivity contribution is 0.481. The molecule has 14 nitrogen and oxygen atoms in total. The van der Waals surface area contributed by atoms with Crippen molar-refractivity contribution in [1.82, 2.24) is 0 Å². The third-order valence-electron chi connectivity index (χ3n) is 12.4. The van der Waals surface area contributed by atoms with Crippen LogP contribution in [0.2, 0.25) is 0 Å². The third-order valence-corrected chi connectivity index (χ3v) is 15.9. The van der Waals surface area contributed by atoms with Gasteiger partial charge in [-0.1, -0.05) is 109 Å². The van der Waals surface area contributed by atoms with Crippen LogP contribution in [0.4, 0.5) is 34.1 Å². The number of hydrogen-bond donors (Lipinski definition) is 4. The van der Waals surface area contributed by atoms with Crippen LogP contribution in [0.5, 0.6) is 0 Å². The predicted molar refractivity (Wildman–Crippen MR) is 283 cm³/mol. The monoisotopic (exact) mass is 1060 g/mol. The Kier molecular flexibility index (Phi) is 14.2. The highest BCUT2D eigenvalue weighted by molar-refractivity contribution is 7.86. The highest BCUT2D eigenvalue weighted by Gasteiger charge is 2.24. The molecule has 0 aliphatic rings. The first kappa shape index (κ1) is 51.1. The molecule has 9 aromatic carbocycles. The zero-order chi connectivity index (χ0) is 52.4. The number of anilines is 6. The SMILES string of the molecule is O=S(=O)(O)c1ccc(C(c2ccccc2)c2ccc(N(c3ccc(C(c4ccc(S(=O)(=O)O)cc4)c4ccc(S(=O)(=O)O)cc4)cc3)c3ccc(N(c4ccccc4)c4ccc(S(=O)(=O)O)cc4)cc3)cc2)cc1. The van der Waals surface area contributed by atoms with Gasteiger partial charge in [0.25, 0.3) is 40.5 Å². The summed E-state index contributed by atoms with van der Waals surface area (Å²) in [7, 11) is -17.9.